The number of amides is 1. The molecule has 0 unspecified atom stereocenters. The SMILES string of the molecule is COCCn1cnc2ccc(NC(=O)CCn3cnc4ccccc4c3=O)cc2c1=O. The Morgan fingerprint density at radius 2 is 1.61 bits per heavy atom. The fraction of sp³-hybridized carbons (Fsp3) is 0.227. The third-order valence-corrected chi connectivity index (χ3v) is 4.96. The quantitative estimate of drug-likeness (QED) is 0.489. The molecule has 0 bridgehead atoms. The normalized spacial score (nSPS) is 11.1. The number of anilines is 1. The summed E-state index contributed by atoms with van der Waals surface area (Å²) in [4.78, 5) is 46.1. The van der Waals surface area contributed by atoms with Crippen molar-refractivity contribution in [1.29, 1.82) is 0 Å². The predicted octanol–water partition coefficient (Wildman–Crippen LogP) is 1.78. The molecule has 2 heterocycles. The number of carbonyl (C=O) groups is 1. The zero-order chi connectivity index (χ0) is 21.8. The van der Waals surface area contributed by atoms with Crippen molar-refractivity contribution in [3.05, 3.63) is 75.8 Å². The van der Waals surface area contributed by atoms with Crippen molar-refractivity contribution in [1.82, 2.24) is 19.1 Å². The van der Waals surface area contributed by atoms with Crippen molar-refractivity contribution in [2.75, 3.05) is 19.0 Å². The number of nitrogens with one attached hydrogen (secondary N) is 1. The molecule has 0 aliphatic rings. The molecule has 31 heavy (non-hydrogen) atoms. The standard InChI is InChI=1S/C22H21N5O4/c1-31-11-10-27-14-24-19-7-6-15(12-17(19)22(27)30)25-20(28)8-9-26-13-23-18-5-3-2-4-16(18)21(26)29/h2-7,12-14H,8-11H2,1H3,(H,25,28). The number of methoxy groups -OCH3 is 1. The van der Waals surface area contributed by atoms with Gasteiger partial charge in [-0.05, 0) is 30.3 Å². The molecule has 158 valence electrons. The summed E-state index contributed by atoms with van der Waals surface area (Å²) in [6, 6.07) is 12.1. The third-order valence-electron chi connectivity index (χ3n) is 4.96. The molecule has 0 spiro atoms. The molecule has 0 aliphatic heterocycles. The molecule has 1 amide bonds. The Bertz CT molecular complexity index is 1380. The minimum absolute atomic E-state index is 0.0864. The molecular formula is C22H21N5O4. The molecule has 2 aromatic carbocycles. The first-order chi connectivity index (χ1) is 15.1. The molecule has 4 aromatic rings. The van der Waals surface area contributed by atoms with Crippen LogP contribution in [0.25, 0.3) is 21.8 Å². The van der Waals surface area contributed by atoms with Gasteiger partial charge in [-0.1, -0.05) is 12.1 Å². The van der Waals surface area contributed by atoms with Gasteiger partial charge in [0.2, 0.25) is 5.91 Å². The van der Waals surface area contributed by atoms with Crippen molar-refractivity contribution in [3.8, 4) is 0 Å². The number of nitrogens with zero attached hydrogens (tertiary/aromatic N) is 4. The molecule has 9 heteroatoms. The lowest BCUT2D eigenvalue weighted by Gasteiger charge is -2.09. The minimum atomic E-state index is -0.275. The molecule has 0 radical (unpaired) electrons. The van der Waals surface area contributed by atoms with Gasteiger partial charge in [-0.3, -0.25) is 23.5 Å². The first kappa shape index (κ1) is 20.4. The Labute approximate surface area is 176 Å². The van der Waals surface area contributed by atoms with E-state index in [4.69, 9.17) is 4.74 Å². The summed E-state index contributed by atoms with van der Waals surface area (Å²) < 4.78 is 7.90. The summed E-state index contributed by atoms with van der Waals surface area (Å²) >= 11 is 0. The summed E-state index contributed by atoms with van der Waals surface area (Å²) in [6.07, 6.45) is 3.02. The lowest BCUT2D eigenvalue weighted by molar-refractivity contribution is -0.116. The highest BCUT2D eigenvalue weighted by Gasteiger charge is 2.09. The first-order valence-corrected chi connectivity index (χ1v) is 9.79. The van der Waals surface area contributed by atoms with Gasteiger partial charge in [-0.25, -0.2) is 9.97 Å². The summed E-state index contributed by atoms with van der Waals surface area (Å²) in [5, 5.41) is 3.70. The monoisotopic (exact) mass is 419 g/mol. The van der Waals surface area contributed by atoms with E-state index in [1.165, 1.54) is 21.8 Å². The second-order valence-electron chi connectivity index (χ2n) is 7.03. The highest BCUT2D eigenvalue weighted by Crippen LogP contribution is 2.15. The van der Waals surface area contributed by atoms with E-state index in [1.807, 2.05) is 6.07 Å². The van der Waals surface area contributed by atoms with Crippen LogP contribution in [0.3, 0.4) is 0 Å². The van der Waals surface area contributed by atoms with E-state index in [2.05, 4.69) is 15.3 Å². The van der Waals surface area contributed by atoms with Crippen LogP contribution < -0.4 is 16.4 Å². The van der Waals surface area contributed by atoms with Gasteiger partial charge in [0.25, 0.3) is 11.1 Å². The van der Waals surface area contributed by atoms with Crippen LogP contribution in [0, 0.1) is 0 Å². The van der Waals surface area contributed by atoms with E-state index in [0.717, 1.165) is 0 Å². The number of hydrogen-bond donors (Lipinski definition) is 1. The molecule has 2 aromatic heterocycles. The molecular weight excluding hydrogens is 398 g/mol. The Hall–Kier alpha value is -3.85. The number of hydrogen-bond acceptors (Lipinski definition) is 6. The van der Waals surface area contributed by atoms with Crippen molar-refractivity contribution in [2.45, 2.75) is 19.5 Å². The third kappa shape index (κ3) is 4.36. The van der Waals surface area contributed by atoms with E-state index in [1.54, 1.807) is 43.5 Å². The predicted molar refractivity (Wildman–Crippen MR) is 117 cm³/mol. The van der Waals surface area contributed by atoms with Gasteiger partial charge < -0.3 is 10.1 Å². The highest BCUT2D eigenvalue weighted by molar-refractivity contribution is 5.93. The van der Waals surface area contributed by atoms with Gasteiger partial charge in [0.1, 0.15) is 0 Å². The van der Waals surface area contributed by atoms with Crippen LogP contribution in [0.15, 0.2) is 64.7 Å². The van der Waals surface area contributed by atoms with Gasteiger partial charge in [0, 0.05) is 25.8 Å². The highest BCUT2D eigenvalue weighted by atomic mass is 16.5. The number of carbonyl (C=O) groups excluding carboxylic acids is 1. The van der Waals surface area contributed by atoms with Crippen LogP contribution in [-0.4, -0.2) is 38.7 Å². The maximum Gasteiger partial charge on any atom is 0.261 e. The van der Waals surface area contributed by atoms with Crippen LogP contribution in [-0.2, 0) is 22.6 Å². The summed E-state index contributed by atoms with van der Waals surface area (Å²) in [6.45, 7) is 0.984. The summed E-state index contributed by atoms with van der Waals surface area (Å²) in [7, 11) is 1.56. The lowest BCUT2D eigenvalue weighted by atomic mass is 10.2. The van der Waals surface area contributed by atoms with Crippen molar-refractivity contribution in [2.24, 2.45) is 0 Å². The van der Waals surface area contributed by atoms with Gasteiger partial charge in [-0.15, -0.1) is 0 Å². The maximum atomic E-state index is 12.6. The average molecular weight is 419 g/mol. The number of fused-ring (bicyclic) bond motifs is 2. The number of aryl methyl sites for hydroxylation is 1. The van der Waals surface area contributed by atoms with Crippen LogP contribution in [0.4, 0.5) is 5.69 Å². The largest absolute Gasteiger partial charge is 0.383 e. The van der Waals surface area contributed by atoms with E-state index in [-0.39, 0.29) is 30.0 Å². The second-order valence-corrected chi connectivity index (χ2v) is 7.03. The molecule has 4 rings (SSSR count). The van der Waals surface area contributed by atoms with E-state index in [9.17, 15) is 14.4 Å². The summed E-state index contributed by atoms with van der Waals surface area (Å²) in [5.74, 6) is -0.275. The van der Waals surface area contributed by atoms with Crippen molar-refractivity contribution < 1.29 is 9.53 Å². The van der Waals surface area contributed by atoms with E-state index in [0.29, 0.717) is 40.6 Å². The van der Waals surface area contributed by atoms with Crippen LogP contribution in [0.2, 0.25) is 0 Å². The Morgan fingerprint density at radius 1 is 0.935 bits per heavy atom. The Morgan fingerprint density at radius 3 is 2.39 bits per heavy atom. The lowest BCUT2D eigenvalue weighted by Crippen LogP contribution is -2.24. The number of benzene rings is 2. The zero-order valence-electron chi connectivity index (χ0n) is 16.9. The van der Waals surface area contributed by atoms with Gasteiger partial charge in [-0.2, -0.15) is 0 Å². The van der Waals surface area contributed by atoms with Crippen LogP contribution in [0.5, 0.6) is 0 Å². The van der Waals surface area contributed by atoms with Crippen LogP contribution >= 0.6 is 0 Å². The van der Waals surface area contributed by atoms with E-state index < -0.39 is 0 Å². The number of ether oxygens (including phenoxy) is 1. The van der Waals surface area contributed by atoms with Gasteiger partial charge >= 0.3 is 0 Å². The van der Waals surface area contributed by atoms with Crippen LogP contribution in [0.1, 0.15) is 6.42 Å². The van der Waals surface area contributed by atoms with E-state index >= 15 is 0 Å². The molecule has 0 saturated carbocycles. The molecule has 9 nitrogen and oxygen atoms in total. The fourth-order valence-electron chi connectivity index (χ4n) is 3.30. The molecule has 0 aliphatic carbocycles. The van der Waals surface area contributed by atoms with Gasteiger partial charge in [0.15, 0.2) is 0 Å². The number of rotatable bonds is 7. The molecule has 0 fully saturated rings. The van der Waals surface area contributed by atoms with Crippen molar-refractivity contribution in [3.63, 3.8) is 0 Å². The molecule has 0 saturated heterocycles. The van der Waals surface area contributed by atoms with Crippen molar-refractivity contribution >= 4 is 33.4 Å². The first-order valence-electron chi connectivity index (χ1n) is 9.79. The zero-order valence-corrected chi connectivity index (χ0v) is 16.9. The topological polar surface area (TPSA) is 108 Å². The van der Waals surface area contributed by atoms with Gasteiger partial charge in [0.05, 0.1) is 47.6 Å². The Balaban J connectivity index is 1.48. The fourth-order valence-corrected chi connectivity index (χ4v) is 3.30. The number of para-hydroxylation sites is 1. The number of aromatic nitrogens is 4. The molecule has 0 atom stereocenters. The summed E-state index contributed by atoms with van der Waals surface area (Å²) in [5.41, 5.74) is 1.27. The maximum absolute atomic E-state index is 12.6. The molecule has 1 N–H and O–H groups in total. The smallest absolute Gasteiger partial charge is 0.261 e. The average Bonchev–Trinajstić information content (AvgIpc) is 2.79. The minimum Gasteiger partial charge on any atom is -0.383 e. The Kier molecular flexibility index (Phi) is 5.85. The second kappa shape index (κ2) is 8.88.